The summed E-state index contributed by atoms with van der Waals surface area (Å²) in [5.74, 6) is 0.506. The van der Waals surface area contributed by atoms with E-state index in [0.717, 1.165) is 9.52 Å². The van der Waals surface area contributed by atoms with Gasteiger partial charge in [0, 0.05) is 0 Å². The molecule has 0 saturated heterocycles. The van der Waals surface area contributed by atoms with Gasteiger partial charge in [0.15, 0.2) is 0 Å². The number of hydrogen-bond acceptors (Lipinski definition) is 0. The number of benzene rings is 4. The number of hydrogen-bond donors (Lipinski definition) is 0. The van der Waals surface area contributed by atoms with E-state index in [1.807, 2.05) is 6.07 Å². The molecular formula is C38H40Cl2SiZr. The molecule has 5 aromatic carbocycles. The average Bonchev–Trinajstić information content (AvgIpc) is 3.55. The van der Waals surface area contributed by atoms with Gasteiger partial charge in [-0.15, -0.1) is 40.1 Å². The maximum atomic E-state index is 4.93. The van der Waals surface area contributed by atoms with E-state index in [0.29, 0.717) is 5.92 Å². The molecule has 0 bridgehead atoms. The molecule has 1 heterocycles. The molecule has 5 aromatic rings. The first-order valence-electron chi connectivity index (χ1n) is 14.5. The van der Waals surface area contributed by atoms with Gasteiger partial charge in [0.05, 0.1) is 9.52 Å². The molecule has 0 fully saturated rings. The van der Waals surface area contributed by atoms with Gasteiger partial charge < -0.3 is 0 Å². The van der Waals surface area contributed by atoms with Gasteiger partial charge in [-0.3, -0.25) is 0 Å². The van der Waals surface area contributed by atoms with Crippen LogP contribution in [0, 0.1) is 6.07 Å². The predicted octanol–water partition coefficient (Wildman–Crippen LogP) is 10.4. The van der Waals surface area contributed by atoms with Gasteiger partial charge in [0.1, 0.15) is 0 Å². The van der Waals surface area contributed by atoms with Crippen molar-refractivity contribution >= 4 is 47.7 Å². The maximum Gasteiger partial charge on any atom is 0.0920 e. The Balaban J connectivity index is 0.000000209. The normalized spacial score (nSPS) is 12.1. The van der Waals surface area contributed by atoms with E-state index in [4.69, 9.17) is 17.0 Å². The summed E-state index contributed by atoms with van der Waals surface area (Å²) in [5, 5.41) is 5.58. The van der Waals surface area contributed by atoms with Gasteiger partial charge in [-0.25, -0.2) is 0 Å². The van der Waals surface area contributed by atoms with Gasteiger partial charge >= 0.3 is 37.9 Å². The Kier molecular flexibility index (Phi) is 10.9. The van der Waals surface area contributed by atoms with E-state index in [-0.39, 0.29) is 10.8 Å². The van der Waals surface area contributed by atoms with E-state index in [2.05, 4.69) is 146 Å². The first kappa shape index (κ1) is 33.1. The Morgan fingerprint density at radius 3 is 2.02 bits per heavy atom. The average molecular weight is 687 g/mol. The summed E-state index contributed by atoms with van der Waals surface area (Å²) in [4.78, 5) is 0. The number of halogens is 2. The summed E-state index contributed by atoms with van der Waals surface area (Å²) in [6, 6.07) is 36.6. The van der Waals surface area contributed by atoms with E-state index < -0.39 is 20.8 Å². The van der Waals surface area contributed by atoms with E-state index in [1.54, 1.807) is 0 Å². The molecule has 0 aliphatic carbocycles. The van der Waals surface area contributed by atoms with Crippen molar-refractivity contribution in [2.45, 2.75) is 72.1 Å². The molecule has 0 N–H and O–H groups in total. The minimum atomic E-state index is -0.826. The fourth-order valence-corrected chi connectivity index (χ4v) is 6.89. The molecule has 1 aliphatic heterocycles. The van der Waals surface area contributed by atoms with Crippen molar-refractivity contribution in [2.75, 3.05) is 0 Å². The third kappa shape index (κ3) is 7.44. The van der Waals surface area contributed by atoms with E-state index in [9.17, 15) is 0 Å². The van der Waals surface area contributed by atoms with Crippen molar-refractivity contribution in [2.24, 2.45) is 0 Å². The van der Waals surface area contributed by atoms with Crippen molar-refractivity contribution in [1.29, 1.82) is 0 Å². The van der Waals surface area contributed by atoms with Crippen LogP contribution in [0.4, 0.5) is 0 Å². The molecule has 0 atom stereocenters. The topological polar surface area (TPSA) is 0 Å². The quantitative estimate of drug-likeness (QED) is 0.126. The number of rotatable bonds is 2. The summed E-state index contributed by atoms with van der Waals surface area (Å²) in [6.45, 7) is 18.5. The second-order valence-electron chi connectivity index (χ2n) is 13.2. The molecule has 6 rings (SSSR count). The molecule has 0 spiro atoms. The Labute approximate surface area is 274 Å². The Bertz CT molecular complexity index is 1610. The van der Waals surface area contributed by atoms with Crippen LogP contribution in [0.5, 0.6) is 0 Å². The fraction of sp³-hybridized carbons (Fsp3) is 0.289. The van der Waals surface area contributed by atoms with Crippen LogP contribution in [0.2, 0.25) is 0 Å². The maximum absolute atomic E-state index is 4.93. The Morgan fingerprint density at radius 2 is 1.38 bits per heavy atom. The van der Waals surface area contributed by atoms with Crippen molar-refractivity contribution in [3.8, 4) is 22.3 Å². The third-order valence-electron chi connectivity index (χ3n) is 7.75. The van der Waals surface area contributed by atoms with Crippen LogP contribution in [-0.4, -0.2) is 9.52 Å². The zero-order valence-corrected chi connectivity index (χ0v) is 31.0. The molecule has 0 unspecified atom stereocenters. The SMILES string of the molecule is CC(C)c1ccccc1-c1c(C(C)(C)C)ccc2[cH-]c(C(C)(C)C)cc12.[Cl][Zr+2][Cl].[c-]1cccc2c1[Si]c1ccccc1-2. The standard InChI is InChI=1S/C26H33.C12H7Si.2ClH.Zr/c1-17(2)20-11-9-10-12-21(20)24-22-16-19(25(3,4)5)15-18(22)13-14-23(24)26(6,7)8;1-3-7-11-9(5-1)10-6-2-4-8-12(10)13-11;;;/h9-17H,1-8H3;1-7H;2*1H;/q2*-1;;;+4/p-2. The van der Waals surface area contributed by atoms with Crippen molar-refractivity contribution < 1.29 is 20.8 Å². The summed E-state index contributed by atoms with van der Waals surface area (Å²) < 4.78 is 0. The van der Waals surface area contributed by atoms with Crippen LogP contribution >= 0.6 is 17.0 Å². The van der Waals surface area contributed by atoms with Crippen LogP contribution in [0.15, 0.2) is 91.0 Å². The molecule has 42 heavy (non-hydrogen) atoms. The smallest absolute Gasteiger partial charge is 0.0920 e. The van der Waals surface area contributed by atoms with Crippen molar-refractivity contribution in [3.05, 3.63) is 114 Å². The van der Waals surface area contributed by atoms with Crippen LogP contribution in [-0.2, 0) is 31.7 Å². The molecule has 4 heteroatoms. The van der Waals surface area contributed by atoms with Crippen molar-refractivity contribution in [1.82, 2.24) is 0 Å². The van der Waals surface area contributed by atoms with E-state index in [1.165, 1.54) is 60.1 Å². The second-order valence-corrected chi connectivity index (χ2v) is 18.2. The molecule has 0 aromatic heterocycles. The van der Waals surface area contributed by atoms with Crippen LogP contribution in [0.3, 0.4) is 0 Å². The van der Waals surface area contributed by atoms with Gasteiger partial charge in [-0.2, -0.15) is 35.5 Å². The minimum absolute atomic E-state index is 0.104. The zero-order valence-electron chi connectivity index (χ0n) is 26.0. The molecule has 1 aliphatic rings. The van der Waals surface area contributed by atoms with Crippen LogP contribution in [0.1, 0.15) is 78.0 Å². The Morgan fingerprint density at radius 1 is 0.762 bits per heavy atom. The summed E-state index contributed by atoms with van der Waals surface area (Å²) in [5.41, 5.74) is 10.1. The molecule has 214 valence electrons. The summed E-state index contributed by atoms with van der Waals surface area (Å²) in [7, 11) is 10.7. The zero-order chi connectivity index (χ0) is 30.7. The molecular weight excluding hydrogens is 647 g/mol. The molecule has 0 nitrogen and oxygen atoms in total. The predicted molar refractivity (Wildman–Crippen MR) is 184 cm³/mol. The van der Waals surface area contributed by atoms with Gasteiger partial charge in [0.2, 0.25) is 0 Å². The minimum Gasteiger partial charge on any atom is -0.184 e. The molecule has 0 amide bonds. The first-order valence-corrected chi connectivity index (χ1v) is 21.9. The largest absolute Gasteiger partial charge is 0.184 e. The second kappa shape index (κ2) is 13.9. The summed E-state index contributed by atoms with van der Waals surface area (Å²) >= 11 is -0.826. The molecule has 0 saturated carbocycles. The van der Waals surface area contributed by atoms with Gasteiger partial charge in [-0.05, 0) is 27.9 Å². The van der Waals surface area contributed by atoms with Crippen molar-refractivity contribution in [3.63, 3.8) is 0 Å². The first-order chi connectivity index (χ1) is 19.9. The summed E-state index contributed by atoms with van der Waals surface area (Å²) in [6.07, 6.45) is 0. The van der Waals surface area contributed by atoms with Crippen LogP contribution < -0.4 is 10.4 Å². The van der Waals surface area contributed by atoms with Gasteiger partial charge in [-0.1, -0.05) is 126 Å². The third-order valence-corrected chi connectivity index (χ3v) is 9.12. The fourth-order valence-electron chi connectivity index (χ4n) is 5.58. The van der Waals surface area contributed by atoms with Gasteiger partial charge in [0.25, 0.3) is 0 Å². The number of fused-ring (bicyclic) bond motifs is 4. The monoisotopic (exact) mass is 684 g/mol. The molecule has 2 radical (unpaired) electrons. The van der Waals surface area contributed by atoms with E-state index >= 15 is 0 Å². The van der Waals surface area contributed by atoms with Crippen LogP contribution in [0.25, 0.3) is 33.0 Å². The Hall–Kier alpha value is -1.83.